The molecule has 2 aromatic rings. The van der Waals surface area contributed by atoms with Gasteiger partial charge in [0.15, 0.2) is 0 Å². The Labute approximate surface area is 127 Å². The van der Waals surface area contributed by atoms with Crippen LogP contribution in [0.15, 0.2) is 28.7 Å². The van der Waals surface area contributed by atoms with E-state index in [1.54, 1.807) is 0 Å². The van der Waals surface area contributed by atoms with Crippen molar-refractivity contribution in [2.45, 2.75) is 27.2 Å². The monoisotopic (exact) mass is 335 g/mol. The van der Waals surface area contributed by atoms with Crippen LogP contribution in [0.25, 0.3) is 0 Å². The van der Waals surface area contributed by atoms with Crippen LogP contribution in [0.2, 0.25) is 0 Å². The SMILES string of the molecule is CCNc1nc(CC)nc(Oc2ccccc2Br)c1C. The summed E-state index contributed by atoms with van der Waals surface area (Å²) in [7, 11) is 0. The van der Waals surface area contributed by atoms with Crippen molar-refractivity contribution < 1.29 is 4.74 Å². The number of hydrogen-bond donors (Lipinski definition) is 1. The van der Waals surface area contributed by atoms with E-state index in [-0.39, 0.29) is 0 Å². The summed E-state index contributed by atoms with van der Waals surface area (Å²) in [5, 5.41) is 3.25. The van der Waals surface area contributed by atoms with E-state index >= 15 is 0 Å². The maximum Gasteiger partial charge on any atom is 0.227 e. The molecule has 0 unspecified atom stereocenters. The van der Waals surface area contributed by atoms with Gasteiger partial charge in [-0.05, 0) is 41.9 Å². The molecule has 0 aliphatic carbocycles. The Morgan fingerprint density at radius 2 is 1.95 bits per heavy atom. The van der Waals surface area contributed by atoms with Gasteiger partial charge < -0.3 is 10.1 Å². The third-order valence-electron chi connectivity index (χ3n) is 2.85. The highest BCUT2D eigenvalue weighted by Gasteiger charge is 2.12. The fraction of sp³-hybridized carbons (Fsp3) is 0.333. The lowest BCUT2D eigenvalue weighted by atomic mass is 10.3. The predicted octanol–water partition coefficient (Wildman–Crippen LogP) is 4.33. The normalized spacial score (nSPS) is 10.4. The molecule has 0 amide bonds. The Morgan fingerprint density at radius 3 is 2.60 bits per heavy atom. The Balaban J connectivity index is 2.40. The number of ether oxygens (including phenoxy) is 1. The van der Waals surface area contributed by atoms with E-state index in [1.165, 1.54) is 0 Å². The molecule has 1 aromatic heterocycles. The van der Waals surface area contributed by atoms with Crippen LogP contribution in [0.5, 0.6) is 11.6 Å². The van der Waals surface area contributed by atoms with Gasteiger partial charge in [-0.1, -0.05) is 19.1 Å². The second kappa shape index (κ2) is 6.70. The van der Waals surface area contributed by atoms with Crippen molar-refractivity contribution in [1.82, 2.24) is 9.97 Å². The van der Waals surface area contributed by atoms with E-state index in [4.69, 9.17) is 4.74 Å². The number of aromatic nitrogens is 2. The summed E-state index contributed by atoms with van der Waals surface area (Å²) >= 11 is 3.48. The lowest BCUT2D eigenvalue weighted by molar-refractivity contribution is 0.452. The number of halogens is 1. The van der Waals surface area contributed by atoms with Crippen LogP contribution in [-0.2, 0) is 6.42 Å². The smallest absolute Gasteiger partial charge is 0.227 e. The average molecular weight is 336 g/mol. The van der Waals surface area contributed by atoms with Gasteiger partial charge in [0.2, 0.25) is 5.88 Å². The van der Waals surface area contributed by atoms with E-state index in [2.05, 4.69) is 31.2 Å². The minimum atomic E-state index is 0.597. The molecule has 5 heteroatoms. The zero-order valence-corrected chi connectivity index (χ0v) is 13.5. The molecule has 1 aromatic carbocycles. The first-order valence-electron chi connectivity index (χ1n) is 6.69. The number of nitrogens with one attached hydrogen (secondary N) is 1. The molecular formula is C15H18BrN3O. The van der Waals surface area contributed by atoms with Gasteiger partial charge in [-0.25, -0.2) is 4.98 Å². The van der Waals surface area contributed by atoms with Gasteiger partial charge in [0.25, 0.3) is 0 Å². The number of hydrogen-bond acceptors (Lipinski definition) is 4. The van der Waals surface area contributed by atoms with Crippen molar-refractivity contribution in [3.8, 4) is 11.6 Å². The molecule has 0 aliphatic heterocycles. The molecule has 0 bridgehead atoms. The van der Waals surface area contributed by atoms with Crippen molar-refractivity contribution >= 4 is 21.7 Å². The van der Waals surface area contributed by atoms with Gasteiger partial charge >= 0.3 is 0 Å². The lowest BCUT2D eigenvalue weighted by Gasteiger charge is -2.14. The predicted molar refractivity (Wildman–Crippen MR) is 84.5 cm³/mol. The fourth-order valence-corrected chi connectivity index (χ4v) is 2.13. The number of para-hydroxylation sites is 1. The molecule has 4 nitrogen and oxygen atoms in total. The summed E-state index contributed by atoms with van der Waals surface area (Å²) in [5.74, 6) is 2.95. The van der Waals surface area contributed by atoms with Crippen molar-refractivity contribution in [3.05, 3.63) is 40.1 Å². The van der Waals surface area contributed by atoms with Crippen molar-refractivity contribution in [3.63, 3.8) is 0 Å². The first-order chi connectivity index (χ1) is 9.65. The highest BCUT2D eigenvalue weighted by atomic mass is 79.9. The zero-order valence-electron chi connectivity index (χ0n) is 11.9. The Kier molecular flexibility index (Phi) is 4.95. The third kappa shape index (κ3) is 3.28. The number of benzene rings is 1. The van der Waals surface area contributed by atoms with Gasteiger partial charge in [-0.15, -0.1) is 0 Å². The lowest BCUT2D eigenvalue weighted by Crippen LogP contribution is -2.07. The van der Waals surface area contributed by atoms with Gasteiger partial charge in [0.05, 0.1) is 10.0 Å². The first-order valence-corrected chi connectivity index (χ1v) is 7.48. The summed E-state index contributed by atoms with van der Waals surface area (Å²) in [6.07, 6.45) is 0.769. The van der Waals surface area contributed by atoms with Crippen LogP contribution in [0.1, 0.15) is 25.2 Å². The maximum atomic E-state index is 5.93. The standard InChI is InChI=1S/C15H18BrN3O/c1-4-13-18-14(17-5-2)10(3)15(19-13)20-12-9-7-6-8-11(12)16/h6-9H,4-5H2,1-3H3,(H,17,18,19). The topological polar surface area (TPSA) is 47.0 Å². The van der Waals surface area contributed by atoms with Crippen molar-refractivity contribution in [2.24, 2.45) is 0 Å². The van der Waals surface area contributed by atoms with E-state index in [9.17, 15) is 0 Å². The molecule has 0 atom stereocenters. The first kappa shape index (κ1) is 14.8. The van der Waals surface area contributed by atoms with Gasteiger partial charge in [0.1, 0.15) is 17.4 Å². The minimum absolute atomic E-state index is 0.597. The molecule has 0 saturated carbocycles. The summed E-state index contributed by atoms with van der Waals surface area (Å²) in [6.45, 7) is 6.85. The minimum Gasteiger partial charge on any atom is -0.437 e. The summed E-state index contributed by atoms with van der Waals surface area (Å²) < 4.78 is 6.84. The fourth-order valence-electron chi connectivity index (χ4n) is 1.77. The molecule has 20 heavy (non-hydrogen) atoms. The number of aryl methyl sites for hydroxylation is 1. The Bertz CT molecular complexity index is 602. The largest absolute Gasteiger partial charge is 0.437 e. The quantitative estimate of drug-likeness (QED) is 0.883. The Hall–Kier alpha value is -1.62. The Morgan fingerprint density at radius 1 is 1.20 bits per heavy atom. The molecular weight excluding hydrogens is 318 g/mol. The number of nitrogens with zero attached hydrogens (tertiary/aromatic N) is 2. The van der Waals surface area contributed by atoms with Crippen LogP contribution in [0.4, 0.5) is 5.82 Å². The molecule has 106 valence electrons. The molecule has 0 fully saturated rings. The van der Waals surface area contributed by atoms with Crippen LogP contribution in [0, 0.1) is 6.92 Å². The van der Waals surface area contributed by atoms with E-state index < -0.39 is 0 Å². The van der Waals surface area contributed by atoms with E-state index in [0.717, 1.165) is 40.4 Å². The average Bonchev–Trinajstić information content (AvgIpc) is 2.45. The molecule has 0 saturated heterocycles. The molecule has 1 heterocycles. The zero-order chi connectivity index (χ0) is 14.5. The third-order valence-corrected chi connectivity index (χ3v) is 3.51. The van der Waals surface area contributed by atoms with Gasteiger partial charge in [-0.2, -0.15) is 4.98 Å². The molecule has 1 N–H and O–H groups in total. The van der Waals surface area contributed by atoms with Crippen LogP contribution in [0.3, 0.4) is 0 Å². The summed E-state index contributed by atoms with van der Waals surface area (Å²) in [4.78, 5) is 8.97. The highest BCUT2D eigenvalue weighted by molar-refractivity contribution is 9.10. The second-order valence-electron chi connectivity index (χ2n) is 4.33. The van der Waals surface area contributed by atoms with Crippen molar-refractivity contribution in [1.29, 1.82) is 0 Å². The highest BCUT2D eigenvalue weighted by Crippen LogP contribution is 2.31. The van der Waals surface area contributed by atoms with E-state index in [0.29, 0.717) is 5.88 Å². The van der Waals surface area contributed by atoms with Gasteiger partial charge in [-0.3, -0.25) is 0 Å². The molecule has 0 radical (unpaired) electrons. The van der Waals surface area contributed by atoms with Crippen molar-refractivity contribution in [2.75, 3.05) is 11.9 Å². The molecule has 0 spiro atoms. The van der Waals surface area contributed by atoms with Crippen LogP contribution in [-0.4, -0.2) is 16.5 Å². The van der Waals surface area contributed by atoms with Gasteiger partial charge in [0, 0.05) is 13.0 Å². The summed E-state index contributed by atoms with van der Waals surface area (Å²) in [5.41, 5.74) is 0.916. The number of anilines is 1. The van der Waals surface area contributed by atoms with E-state index in [1.807, 2.05) is 45.0 Å². The second-order valence-corrected chi connectivity index (χ2v) is 5.19. The maximum absolute atomic E-state index is 5.93. The number of rotatable bonds is 5. The van der Waals surface area contributed by atoms with Crippen LogP contribution < -0.4 is 10.1 Å². The van der Waals surface area contributed by atoms with Crippen LogP contribution >= 0.6 is 15.9 Å². The molecule has 0 aliphatic rings. The summed E-state index contributed by atoms with van der Waals surface area (Å²) in [6, 6.07) is 7.73. The molecule has 2 rings (SSSR count).